The minimum atomic E-state index is -0.725. The zero-order chi connectivity index (χ0) is 13.0. The van der Waals surface area contributed by atoms with Gasteiger partial charge in [0.15, 0.2) is 0 Å². The van der Waals surface area contributed by atoms with E-state index in [0.717, 1.165) is 18.8 Å². The molecule has 0 aromatic carbocycles. The summed E-state index contributed by atoms with van der Waals surface area (Å²) < 4.78 is 2.04. The molecule has 2 heterocycles. The number of aliphatic hydroxyl groups is 1. The van der Waals surface area contributed by atoms with E-state index >= 15 is 0 Å². The van der Waals surface area contributed by atoms with Gasteiger partial charge in [-0.3, -0.25) is 4.98 Å². The van der Waals surface area contributed by atoms with Gasteiger partial charge in [0.2, 0.25) is 0 Å². The molecule has 1 N–H and O–H groups in total. The molecule has 0 fully saturated rings. The molecule has 0 radical (unpaired) electrons. The SMILES string of the molecule is CCCn1ccnc1CC(O)c1ncccc1Cl. The summed E-state index contributed by atoms with van der Waals surface area (Å²) in [6.07, 6.45) is 6.02. The third-order valence-corrected chi connectivity index (χ3v) is 3.06. The van der Waals surface area contributed by atoms with Gasteiger partial charge in [0.05, 0.1) is 10.7 Å². The Morgan fingerprint density at radius 3 is 2.94 bits per heavy atom. The van der Waals surface area contributed by atoms with Crippen molar-refractivity contribution in [3.63, 3.8) is 0 Å². The van der Waals surface area contributed by atoms with Crippen molar-refractivity contribution in [3.8, 4) is 0 Å². The number of nitrogens with zero attached hydrogens (tertiary/aromatic N) is 3. The third kappa shape index (κ3) is 2.89. The quantitative estimate of drug-likeness (QED) is 0.904. The number of aliphatic hydroxyl groups excluding tert-OH is 1. The second kappa shape index (κ2) is 5.98. The van der Waals surface area contributed by atoms with Crippen molar-refractivity contribution in [1.29, 1.82) is 0 Å². The first-order valence-electron chi connectivity index (χ1n) is 6.01. The highest BCUT2D eigenvalue weighted by Crippen LogP contribution is 2.22. The molecule has 96 valence electrons. The van der Waals surface area contributed by atoms with Crippen LogP contribution in [0.3, 0.4) is 0 Å². The fraction of sp³-hybridized carbons (Fsp3) is 0.385. The van der Waals surface area contributed by atoms with E-state index in [1.54, 1.807) is 24.5 Å². The second-order valence-electron chi connectivity index (χ2n) is 4.13. The second-order valence-corrected chi connectivity index (χ2v) is 4.53. The molecule has 0 aliphatic rings. The van der Waals surface area contributed by atoms with Crippen LogP contribution in [0.2, 0.25) is 5.02 Å². The van der Waals surface area contributed by atoms with Crippen LogP contribution in [0.4, 0.5) is 0 Å². The Morgan fingerprint density at radius 1 is 1.39 bits per heavy atom. The maximum Gasteiger partial charge on any atom is 0.111 e. The zero-order valence-electron chi connectivity index (χ0n) is 10.3. The van der Waals surface area contributed by atoms with Crippen LogP contribution in [-0.4, -0.2) is 19.6 Å². The molecule has 0 aliphatic heterocycles. The lowest BCUT2D eigenvalue weighted by atomic mass is 10.1. The standard InChI is InChI=1S/C13H16ClN3O/c1-2-7-17-8-6-15-12(17)9-11(18)13-10(14)4-3-5-16-13/h3-6,8,11,18H,2,7,9H2,1H3. The lowest BCUT2D eigenvalue weighted by Gasteiger charge is -2.12. The van der Waals surface area contributed by atoms with E-state index < -0.39 is 6.10 Å². The molecule has 2 aromatic heterocycles. The zero-order valence-corrected chi connectivity index (χ0v) is 11.0. The van der Waals surface area contributed by atoms with Gasteiger partial charge in [-0.2, -0.15) is 0 Å². The number of hydrogen-bond acceptors (Lipinski definition) is 3. The minimum Gasteiger partial charge on any atom is -0.386 e. The Balaban J connectivity index is 2.14. The number of hydrogen-bond donors (Lipinski definition) is 1. The smallest absolute Gasteiger partial charge is 0.111 e. The maximum absolute atomic E-state index is 10.2. The molecular formula is C13H16ClN3O. The number of imidazole rings is 1. The van der Waals surface area contributed by atoms with Gasteiger partial charge in [-0.1, -0.05) is 18.5 Å². The summed E-state index contributed by atoms with van der Waals surface area (Å²) in [5.74, 6) is 0.853. The van der Waals surface area contributed by atoms with E-state index in [1.807, 2.05) is 10.8 Å². The third-order valence-electron chi connectivity index (χ3n) is 2.74. The van der Waals surface area contributed by atoms with E-state index in [-0.39, 0.29) is 0 Å². The minimum absolute atomic E-state index is 0.420. The number of rotatable bonds is 5. The van der Waals surface area contributed by atoms with E-state index in [2.05, 4.69) is 16.9 Å². The molecule has 2 aromatic rings. The van der Waals surface area contributed by atoms with Gasteiger partial charge in [0, 0.05) is 31.6 Å². The summed E-state index contributed by atoms with van der Waals surface area (Å²) in [6, 6.07) is 3.47. The normalized spacial score (nSPS) is 12.6. The predicted molar refractivity (Wildman–Crippen MR) is 70.4 cm³/mol. The fourth-order valence-electron chi connectivity index (χ4n) is 1.89. The van der Waals surface area contributed by atoms with Crippen molar-refractivity contribution >= 4 is 11.6 Å². The summed E-state index contributed by atoms with van der Waals surface area (Å²) in [4.78, 5) is 8.38. The topological polar surface area (TPSA) is 50.9 Å². The summed E-state index contributed by atoms with van der Waals surface area (Å²) >= 11 is 6.01. The molecule has 0 bridgehead atoms. The van der Waals surface area contributed by atoms with Crippen molar-refractivity contribution in [1.82, 2.24) is 14.5 Å². The molecular weight excluding hydrogens is 250 g/mol. The Hall–Kier alpha value is -1.39. The predicted octanol–water partition coefficient (Wildman–Crippen LogP) is 2.62. The van der Waals surface area contributed by atoms with Crippen LogP contribution in [-0.2, 0) is 13.0 Å². The van der Waals surface area contributed by atoms with E-state index in [9.17, 15) is 5.11 Å². The van der Waals surface area contributed by atoms with Gasteiger partial charge in [-0.05, 0) is 18.6 Å². The van der Waals surface area contributed by atoms with Gasteiger partial charge in [-0.15, -0.1) is 0 Å². The van der Waals surface area contributed by atoms with Crippen LogP contribution in [0.15, 0.2) is 30.7 Å². The lowest BCUT2D eigenvalue weighted by molar-refractivity contribution is 0.169. The van der Waals surface area contributed by atoms with E-state index in [4.69, 9.17) is 11.6 Å². The molecule has 0 saturated heterocycles. The molecule has 0 spiro atoms. The average molecular weight is 266 g/mol. The van der Waals surface area contributed by atoms with Crippen LogP contribution in [0, 0.1) is 0 Å². The van der Waals surface area contributed by atoms with Crippen LogP contribution in [0.5, 0.6) is 0 Å². The fourth-order valence-corrected chi connectivity index (χ4v) is 2.13. The highest BCUT2D eigenvalue weighted by molar-refractivity contribution is 6.31. The van der Waals surface area contributed by atoms with Crippen molar-refractivity contribution in [2.24, 2.45) is 0 Å². The van der Waals surface area contributed by atoms with Gasteiger partial charge >= 0.3 is 0 Å². The summed E-state index contributed by atoms with van der Waals surface area (Å²) in [6.45, 7) is 3.01. The van der Waals surface area contributed by atoms with Crippen molar-refractivity contribution in [2.75, 3.05) is 0 Å². The summed E-state index contributed by atoms with van der Waals surface area (Å²) in [7, 11) is 0. The van der Waals surface area contributed by atoms with Crippen LogP contribution in [0.1, 0.15) is 31.0 Å². The van der Waals surface area contributed by atoms with Crippen molar-refractivity contribution in [3.05, 3.63) is 47.3 Å². The van der Waals surface area contributed by atoms with Gasteiger partial charge in [0.1, 0.15) is 11.9 Å². The Bertz CT molecular complexity index is 512. The number of halogens is 1. The average Bonchev–Trinajstić information content (AvgIpc) is 2.78. The molecule has 1 atom stereocenters. The maximum atomic E-state index is 10.2. The van der Waals surface area contributed by atoms with Crippen LogP contribution in [0.25, 0.3) is 0 Å². The van der Waals surface area contributed by atoms with Crippen LogP contribution < -0.4 is 0 Å². The Morgan fingerprint density at radius 2 is 2.22 bits per heavy atom. The number of aryl methyl sites for hydroxylation is 1. The summed E-state index contributed by atoms with van der Waals surface area (Å²) in [5, 5.41) is 10.7. The first kappa shape index (κ1) is 13.1. The number of pyridine rings is 1. The first-order valence-corrected chi connectivity index (χ1v) is 6.38. The highest BCUT2D eigenvalue weighted by Gasteiger charge is 2.16. The largest absolute Gasteiger partial charge is 0.386 e. The molecule has 5 heteroatoms. The van der Waals surface area contributed by atoms with E-state index in [0.29, 0.717) is 17.1 Å². The molecule has 18 heavy (non-hydrogen) atoms. The van der Waals surface area contributed by atoms with Gasteiger partial charge < -0.3 is 9.67 Å². The van der Waals surface area contributed by atoms with Gasteiger partial charge in [0.25, 0.3) is 0 Å². The Kier molecular flexibility index (Phi) is 4.33. The monoisotopic (exact) mass is 265 g/mol. The van der Waals surface area contributed by atoms with Crippen molar-refractivity contribution < 1.29 is 5.11 Å². The van der Waals surface area contributed by atoms with Crippen LogP contribution >= 0.6 is 11.6 Å². The lowest BCUT2D eigenvalue weighted by Crippen LogP contribution is -2.10. The van der Waals surface area contributed by atoms with Gasteiger partial charge in [-0.25, -0.2) is 4.98 Å². The molecule has 4 nitrogen and oxygen atoms in total. The molecule has 2 rings (SSSR count). The molecule has 0 saturated carbocycles. The van der Waals surface area contributed by atoms with Crippen molar-refractivity contribution in [2.45, 2.75) is 32.4 Å². The number of aromatic nitrogens is 3. The Labute approximate surface area is 111 Å². The van der Waals surface area contributed by atoms with E-state index in [1.165, 1.54) is 0 Å². The molecule has 0 aliphatic carbocycles. The first-order chi connectivity index (χ1) is 8.72. The molecule has 1 unspecified atom stereocenters. The highest BCUT2D eigenvalue weighted by atomic mass is 35.5. The summed E-state index contributed by atoms with van der Waals surface area (Å²) in [5.41, 5.74) is 0.505. The molecule has 0 amide bonds.